The largest absolute Gasteiger partial charge is 0.493 e. The molecule has 0 fully saturated rings. The van der Waals surface area contributed by atoms with Gasteiger partial charge in [0, 0.05) is 60.3 Å². The number of rotatable bonds is 21. The molecule has 0 saturated carbocycles. The maximum Gasteiger partial charge on any atom is 0.307 e. The zero-order valence-corrected chi connectivity index (χ0v) is 39.1. The van der Waals surface area contributed by atoms with Gasteiger partial charge in [-0.2, -0.15) is 11.8 Å². The van der Waals surface area contributed by atoms with E-state index in [9.17, 15) is 14.4 Å². The molecule has 9 rings (SSSR count). The van der Waals surface area contributed by atoms with Gasteiger partial charge in [-0.25, -0.2) is 0 Å². The van der Waals surface area contributed by atoms with Crippen LogP contribution in [0, 0.1) is 6.92 Å². The van der Waals surface area contributed by atoms with Crippen LogP contribution in [0.25, 0.3) is 0 Å². The molecule has 0 N–H and O–H groups in total. The number of methoxy groups -OCH3 is 2. The van der Waals surface area contributed by atoms with E-state index in [0.717, 1.165) is 45.8 Å². The van der Waals surface area contributed by atoms with Crippen molar-refractivity contribution in [3.05, 3.63) is 130 Å². The highest BCUT2D eigenvalue weighted by Crippen LogP contribution is 2.42. The van der Waals surface area contributed by atoms with E-state index in [1.807, 2.05) is 91.0 Å². The second-order valence-electron chi connectivity index (χ2n) is 16.6. The van der Waals surface area contributed by atoms with Crippen LogP contribution >= 0.6 is 11.8 Å². The normalized spacial score (nSPS) is 16.3. The number of amides is 2. The molecule has 1 aromatic heterocycles. The topological polar surface area (TPSA) is 160 Å². The summed E-state index contributed by atoms with van der Waals surface area (Å²) in [7, 11) is 2.90. The number of esters is 1. The Morgan fingerprint density at radius 2 is 1.21 bits per heavy atom. The number of aliphatic imine (C=N–C) groups is 2. The number of carbonyl (C=O) groups is 3. The Morgan fingerprint density at radius 1 is 0.662 bits per heavy atom. The number of carbonyl (C=O) groups excluding carboxylic acids is 3. The van der Waals surface area contributed by atoms with Crippen LogP contribution in [-0.2, 0) is 55.6 Å². The molecule has 0 unspecified atom stereocenters. The standard InChI is InChI=1S/C52H53N5O10S/c1-33-20-41-43(53-28-39-23-35-8-4-6-10-45(35)56(39)51(41)59)26-47(33)66-30-37-21-34(32-68-19-18-65-17-16-64-15-14-63-13-12-50(58)62-3)22-38(55-37)31-67-49-27-44-42(25-48(49)61-2)52(60)57-40(29-54-44)24-36-9-5-7-11-46(36)57/h4-11,20-22,25-29,39-40H,12-19,23-24,30-32H2,1-3H3/t39-,40-/m0/s1. The number of aromatic nitrogens is 1. The highest BCUT2D eigenvalue weighted by atomic mass is 32.2. The number of pyridine rings is 1. The lowest BCUT2D eigenvalue weighted by Gasteiger charge is -2.22. The highest BCUT2D eigenvalue weighted by molar-refractivity contribution is 7.98. The highest BCUT2D eigenvalue weighted by Gasteiger charge is 2.38. The van der Waals surface area contributed by atoms with E-state index in [4.69, 9.17) is 43.4 Å². The van der Waals surface area contributed by atoms with Gasteiger partial charge in [0.25, 0.3) is 11.8 Å². The van der Waals surface area contributed by atoms with Crippen molar-refractivity contribution in [2.45, 2.75) is 57.2 Å². The lowest BCUT2D eigenvalue weighted by molar-refractivity contribution is -0.141. The van der Waals surface area contributed by atoms with Crippen LogP contribution in [-0.4, -0.2) is 107 Å². The summed E-state index contributed by atoms with van der Waals surface area (Å²) in [4.78, 5) is 57.3. The molecule has 2 atom stereocenters. The number of ether oxygens (including phenoxy) is 7. The molecule has 0 aliphatic carbocycles. The third-order valence-corrected chi connectivity index (χ3v) is 13.1. The molecular formula is C52H53N5O10S. The molecular weight excluding hydrogens is 887 g/mol. The predicted octanol–water partition coefficient (Wildman–Crippen LogP) is 7.98. The van der Waals surface area contributed by atoms with Crippen LogP contribution in [0.15, 0.2) is 94.9 Å². The average Bonchev–Trinajstić information content (AvgIpc) is 3.85. The minimum Gasteiger partial charge on any atom is -0.493 e. The van der Waals surface area contributed by atoms with Gasteiger partial charge in [0.1, 0.15) is 19.0 Å². The van der Waals surface area contributed by atoms with Gasteiger partial charge in [0.15, 0.2) is 11.5 Å². The molecule has 0 saturated heterocycles. The van der Waals surface area contributed by atoms with Gasteiger partial charge in [-0.15, -0.1) is 0 Å². The van der Waals surface area contributed by atoms with E-state index in [1.165, 1.54) is 7.11 Å². The fourth-order valence-electron chi connectivity index (χ4n) is 8.75. The quantitative estimate of drug-likeness (QED) is 0.0517. The summed E-state index contributed by atoms with van der Waals surface area (Å²) in [6, 6.07) is 26.8. The molecule has 0 radical (unpaired) electrons. The minimum absolute atomic E-state index is 0.0800. The minimum atomic E-state index is -0.304. The second-order valence-corrected chi connectivity index (χ2v) is 17.7. The molecule has 15 nitrogen and oxygen atoms in total. The molecule has 68 heavy (non-hydrogen) atoms. The monoisotopic (exact) mass is 939 g/mol. The molecule has 5 heterocycles. The van der Waals surface area contributed by atoms with Crippen molar-refractivity contribution in [1.82, 2.24) is 4.98 Å². The Kier molecular flexibility index (Phi) is 14.8. The van der Waals surface area contributed by atoms with E-state index >= 15 is 0 Å². The first kappa shape index (κ1) is 46.5. The molecule has 4 aliphatic rings. The zero-order valence-electron chi connectivity index (χ0n) is 38.3. The van der Waals surface area contributed by atoms with Crippen LogP contribution in [0.3, 0.4) is 0 Å². The average molecular weight is 940 g/mol. The molecule has 16 heteroatoms. The number of fused-ring (bicyclic) bond motifs is 8. The molecule has 4 aromatic carbocycles. The van der Waals surface area contributed by atoms with Crippen molar-refractivity contribution in [3.8, 4) is 17.2 Å². The second kappa shape index (κ2) is 21.6. The van der Waals surface area contributed by atoms with Crippen LogP contribution in [0.1, 0.15) is 60.8 Å². The van der Waals surface area contributed by atoms with E-state index < -0.39 is 0 Å². The first-order valence-electron chi connectivity index (χ1n) is 22.7. The summed E-state index contributed by atoms with van der Waals surface area (Å²) < 4.78 is 40.0. The summed E-state index contributed by atoms with van der Waals surface area (Å²) >= 11 is 1.73. The van der Waals surface area contributed by atoms with Crippen LogP contribution < -0.4 is 24.0 Å². The molecule has 4 aliphatic heterocycles. The van der Waals surface area contributed by atoms with Crippen molar-refractivity contribution in [1.29, 1.82) is 0 Å². The summed E-state index contributed by atoms with van der Waals surface area (Å²) in [5.41, 5.74) is 9.30. The third-order valence-electron chi connectivity index (χ3n) is 12.1. The third kappa shape index (κ3) is 10.4. The lowest BCUT2D eigenvalue weighted by Crippen LogP contribution is -2.37. The summed E-state index contributed by atoms with van der Waals surface area (Å²) in [5, 5.41) is 0. The summed E-state index contributed by atoms with van der Waals surface area (Å²) in [6.45, 7) is 4.73. The van der Waals surface area contributed by atoms with Gasteiger partial charge in [-0.1, -0.05) is 36.4 Å². The maximum absolute atomic E-state index is 14.0. The van der Waals surface area contributed by atoms with Crippen molar-refractivity contribution in [3.63, 3.8) is 0 Å². The first-order chi connectivity index (χ1) is 33.3. The van der Waals surface area contributed by atoms with E-state index in [0.29, 0.717) is 103 Å². The van der Waals surface area contributed by atoms with Crippen molar-refractivity contribution in [2.75, 3.05) is 69.4 Å². The number of nitrogens with zero attached hydrogens (tertiary/aromatic N) is 5. The Bertz CT molecular complexity index is 2750. The Morgan fingerprint density at radius 3 is 1.81 bits per heavy atom. The SMILES string of the molecule is COC(=O)CCOCCOCCOCCSCc1cc(COc2cc3c(cc2C)C(=O)N2c4ccccc4C[C@H]2C=N3)nc(COc2cc3c(cc2OC)C(=O)N2c4ccccc4C[C@H]2C=N3)c1. The van der Waals surface area contributed by atoms with Gasteiger partial charge in [-0.05, 0) is 65.6 Å². The van der Waals surface area contributed by atoms with Gasteiger partial charge >= 0.3 is 5.97 Å². The van der Waals surface area contributed by atoms with Crippen molar-refractivity contribution >= 4 is 64.7 Å². The number of para-hydroxylation sites is 2. The fraction of sp³-hybridized carbons (Fsp3) is 0.346. The van der Waals surface area contributed by atoms with Crippen LogP contribution in [0.4, 0.5) is 22.7 Å². The summed E-state index contributed by atoms with van der Waals surface area (Å²) in [6.07, 6.45) is 5.32. The van der Waals surface area contributed by atoms with Gasteiger partial charge < -0.3 is 33.2 Å². The van der Waals surface area contributed by atoms with E-state index in [-0.39, 0.29) is 49.5 Å². The molecule has 352 valence electrons. The number of aryl methyl sites for hydroxylation is 1. The molecule has 2 amide bonds. The fourth-order valence-corrected chi connectivity index (χ4v) is 9.53. The Balaban J connectivity index is 0.865. The van der Waals surface area contributed by atoms with Crippen LogP contribution in [0.2, 0.25) is 0 Å². The predicted molar refractivity (Wildman–Crippen MR) is 260 cm³/mol. The Labute approximate surface area is 399 Å². The number of hydrogen-bond donors (Lipinski definition) is 0. The number of hydrogen-bond acceptors (Lipinski definition) is 14. The molecule has 5 aromatic rings. The smallest absolute Gasteiger partial charge is 0.307 e. The van der Waals surface area contributed by atoms with Gasteiger partial charge in [-0.3, -0.25) is 39.2 Å². The maximum atomic E-state index is 14.0. The Hall–Kier alpha value is -6.59. The van der Waals surface area contributed by atoms with E-state index in [2.05, 4.69) is 10.8 Å². The van der Waals surface area contributed by atoms with Crippen LogP contribution in [0.5, 0.6) is 17.2 Å². The number of anilines is 2. The zero-order chi connectivity index (χ0) is 47.0. The van der Waals surface area contributed by atoms with Crippen molar-refractivity contribution < 1.29 is 47.5 Å². The molecule has 0 bridgehead atoms. The first-order valence-corrected chi connectivity index (χ1v) is 23.8. The number of benzene rings is 4. The van der Waals surface area contributed by atoms with E-state index in [1.54, 1.807) is 35.9 Å². The van der Waals surface area contributed by atoms with Gasteiger partial charge in [0.2, 0.25) is 0 Å². The molecule has 0 spiro atoms. The summed E-state index contributed by atoms with van der Waals surface area (Å²) in [5.74, 6) is 2.36. The lowest BCUT2D eigenvalue weighted by atomic mass is 10.1. The van der Waals surface area contributed by atoms with Gasteiger partial charge in [0.05, 0.1) is 106 Å². The van der Waals surface area contributed by atoms with Crippen molar-refractivity contribution in [2.24, 2.45) is 9.98 Å². The number of thioether (sulfide) groups is 1.